The summed E-state index contributed by atoms with van der Waals surface area (Å²) in [6, 6.07) is 21.8. The van der Waals surface area contributed by atoms with Crippen LogP contribution in [0.5, 0.6) is 0 Å². The summed E-state index contributed by atoms with van der Waals surface area (Å²) in [4.78, 5) is 0. The van der Waals surface area contributed by atoms with Crippen molar-refractivity contribution in [2.24, 2.45) is 5.92 Å². The molecule has 0 aromatic heterocycles. The van der Waals surface area contributed by atoms with Gasteiger partial charge in [0.1, 0.15) is 0 Å². The van der Waals surface area contributed by atoms with Crippen molar-refractivity contribution >= 4 is 18.5 Å². The van der Waals surface area contributed by atoms with Gasteiger partial charge in [0, 0.05) is 0 Å². The molecule has 0 radical (unpaired) electrons. The van der Waals surface area contributed by atoms with Gasteiger partial charge in [0.2, 0.25) is 0 Å². The molecule has 21 heavy (non-hydrogen) atoms. The molecule has 3 atom stereocenters. The van der Waals surface area contributed by atoms with Crippen LogP contribution in [0, 0.1) is 5.92 Å². The van der Waals surface area contributed by atoms with Crippen LogP contribution in [-0.4, -0.2) is 16.9 Å². The first-order chi connectivity index (χ1) is 10.3. The lowest BCUT2D eigenvalue weighted by atomic mass is 10.0. The summed E-state index contributed by atoms with van der Waals surface area (Å²) in [5.74, 6) is 0.441. The second-order valence-corrected chi connectivity index (χ2v) is 8.38. The predicted octanol–water partition coefficient (Wildman–Crippen LogP) is 3.67. The normalized spacial score (nSPS) is 23.4. The molecule has 2 unspecified atom stereocenters. The quantitative estimate of drug-likeness (QED) is 0.854. The summed E-state index contributed by atoms with van der Waals surface area (Å²) in [7, 11) is -0.384. The monoisotopic (exact) mass is 298 g/mol. The lowest BCUT2D eigenvalue weighted by molar-refractivity contribution is 0.131. The van der Waals surface area contributed by atoms with Gasteiger partial charge < -0.3 is 5.11 Å². The summed E-state index contributed by atoms with van der Waals surface area (Å²) in [6.45, 7) is 1.96. The largest absolute Gasteiger partial charge is 0.393 e. The van der Waals surface area contributed by atoms with Gasteiger partial charge in [-0.05, 0) is 49.9 Å². The highest BCUT2D eigenvalue weighted by Crippen LogP contribution is 2.50. The van der Waals surface area contributed by atoms with Gasteiger partial charge in [0.05, 0.1) is 6.10 Å². The molecule has 0 amide bonds. The Balaban J connectivity index is 2.01. The Kier molecular flexibility index (Phi) is 4.73. The number of hydrogen-bond acceptors (Lipinski definition) is 1. The number of benzene rings is 2. The van der Waals surface area contributed by atoms with E-state index in [2.05, 4.69) is 60.7 Å². The van der Waals surface area contributed by atoms with E-state index in [0.29, 0.717) is 11.6 Å². The second kappa shape index (κ2) is 6.73. The van der Waals surface area contributed by atoms with Crippen molar-refractivity contribution < 1.29 is 5.11 Å². The van der Waals surface area contributed by atoms with Gasteiger partial charge in [0.15, 0.2) is 0 Å². The molecular weight excluding hydrogens is 275 g/mol. The maximum atomic E-state index is 10.2. The zero-order chi connectivity index (χ0) is 14.7. The van der Waals surface area contributed by atoms with Gasteiger partial charge in [-0.1, -0.05) is 67.1 Å². The highest BCUT2D eigenvalue weighted by atomic mass is 31.1. The molecule has 1 saturated carbocycles. The lowest BCUT2D eigenvalue weighted by Gasteiger charge is -2.31. The van der Waals surface area contributed by atoms with E-state index < -0.39 is 0 Å². The molecule has 2 aromatic carbocycles. The van der Waals surface area contributed by atoms with Gasteiger partial charge in [-0.2, -0.15) is 0 Å². The third-order valence-corrected chi connectivity index (χ3v) is 7.56. The Morgan fingerprint density at radius 3 is 1.90 bits per heavy atom. The van der Waals surface area contributed by atoms with E-state index in [-0.39, 0.29) is 14.0 Å². The summed E-state index contributed by atoms with van der Waals surface area (Å²) >= 11 is 0. The third kappa shape index (κ3) is 3.20. The smallest absolute Gasteiger partial charge is 0.0546 e. The van der Waals surface area contributed by atoms with E-state index in [0.717, 1.165) is 0 Å². The zero-order valence-corrected chi connectivity index (χ0v) is 13.4. The Labute approximate surface area is 128 Å². The minimum absolute atomic E-state index is 0.199. The number of aliphatic hydroxyl groups is 1. The predicted molar refractivity (Wildman–Crippen MR) is 91.9 cm³/mol. The molecular formula is C19H23OP. The molecule has 2 heteroatoms. The van der Waals surface area contributed by atoms with Crippen LogP contribution in [0.2, 0.25) is 0 Å². The molecule has 110 valence electrons. The summed E-state index contributed by atoms with van der Waals surface area (Å²) in [5, 5.41) is 13.1. The van der Waals surface area contributed by atoms with Crippen molar-refractivity contribution in [1.82, 2.24) is 0 Å². The molecule has 3 rings (SSSR count). The molecule has 0 aliphatic heterocycles. The van der Waals surface area contributed by atoms with Crippen LogP contribution < -0.4 is 10.6 Å². The van der Waals surface area contributed by atoms with Crippen LogP contribution >= 0.6 is 7.92 Å². The highest BCUT2D eigenvalue weighted by molar-refractivity contribution is 7.73. The van der Waals surface area contributed by atoms with Gasteiger partial charge in [-0.25, -0.2) is 0 Å². The lowest BCUT2D eigenvalue weighted by Crippen LogP contribution is -2.30. The van der Waals surface area contributed by atoms with E-state index in [4.69, 9.17) is 0 Å². The van der Waals surface area contributed by atoms with E-state index in [1.54, 1.807) is 0 Å². The number of rotatable bonds is 4. The van der Waals surface area contributed by atoms with Crippen LogP contribution in [-0.2, 0) is 0 Å². The Morgan fingerprint density at radius 2 is 1.43 bits per heavy atom. The third-order valence-electron chi connectivity index (χ3n) is 4.55. The molecule has 1 aliphatic carbocycles. The fraction of sp³-hybridized carbons (Fsp3) is 0.368. The van der Waals surface area contributed by atoms with Gasteiger partial charge in [-0.15, -0.1) is 0 Å². The minimum atomic E-state index is -0.384. The maximum absolute atomic E-state index is 10.2. The van der Waals surface area contributed by atoms with Crippen molar-refractivity contribution in [2.45, 2.75) is 37.9 Å². The van der Waals surface area contributed by atoms with E-state index in [9.17, 15) is 5.11 Å². The summed E-state index contributed by atoms with van der Waals surface area (Å²) < 4.78 is 0. The van der Waals surface area contributed by atoms with Crippen molar-refractivity contribution in [3.8, 4) is 0 Å². The molecule has 1 aliphatic rings. The van der Waals surface area contributed by atoms with Crippen LogP contribution in [0.3, 0.4) is 0 Å². The number of aliphatic hydroxyl groups excluding tert-OH is 1. The molecule has 0 saturated heterocycles. The fourth-order valence-corrected chi connectivity index (χ4v) is 6.83. The van der Waals surface area contributed by atoms with Crippen LogP contribution in [0.1, 0.15) is 26.2 Å². The van der Waals surface area contributed by atoms with Gasteiger partial charge in [0.25, 0.3) is 0 Å². The van der Waals surface area contributed by atoms with E-state index in [1.165, 1.54) is 29.9 Å². The molecule has 0 bridgehead atoms. The molecule has 0 spiro atoms. The Morgan fingerprint density at radius 1 is 0.905 bits per heavy atom. The maximum Gasteiger partial charge on any atom is 0.0546 e. The van der Waals surface area contributed by atoms with Crippen LogP contribution in [0.25, 0.3) is 0 Å². The SMILES string of the molecule is C[C@H](O)C1CCCC1P(c1ccccc1)c1ccccc1. The van der Waals surface area contributed by atoms with Crippen LogP contribution in [0.4, 0.5) is 0 Å². The Bertz CT molecular complexity index is 513. The summed E-state index contributed by atoms with van der Waals surface area (Å²) in [6.07, 6.45) is 3.46. The van der Waals surface area contributed by atoms with E-state index in [1.807, 2.05) is 6.92 Å². The average molecular weight is 298 g/mol. The zero-order valence-electron chi connectivity index (χ0n) is 12.5. The topological polar surface area (TPSA) is 20.2 Å². The Hall–Kier alpha value is -1.17. The molecule has 1 N–H and O–H groups in total. The number of hydrogen-bond donors (Lipinski definition) is 1. The fourth-order valence-electron chi connectivity index (χ4n) is 3.56. The van der Waals surface area contributed by atoms with Crippen LogP contribution in [0.15, 0.2) is 60.7 Å². The van der Waals surface area contributed by atoms with Crippen molar-refractivity contribution in [3.63, 3.8) is 0 Å². The second-order valence-electron chi connectivity index (χ2n) is 5.94. The standard InChI is InChI=1S/C19H23OP/c1-15(20)18-13-8-14-19(18)21(16-9-4-2-5-10-16)17-11-6-3-7-12-17/h2-7,9-12,15,18-20H,8,13-14H2,1H3/t15-,18?,19?/m0/s1. The first kappa shape index (κ1) is 14.8. The first-order valence-electron chi connectivity index (χ1n) is 7.85. The molecule has 2 aromatic rings. The minimum Gasteiger partial charge on any atom is -0.393 e. The molecule has 1 nitrogen and oxygen atoms in total. The van der Waals surface area contributed by atoms with Crippen molar-refractivity contribution in [1.29, 1.82) is 0 Å². The molecule has 1 fully saturated rings. The first-order valence-corrected chi connectivity index (χ1v) is 9.26. The van der Waals surface area contributed by atoms with Gasteiger partial charge in [-0.3, -0.25) is 0 Å². The molecule has 0 heterocycles. The van der Waals surface area contributed by atoms with Gasteiger partial charge >= 0.3 is 0 Å². The van der Waals surface area contributed by atoms with E-state index >= 15 is 0 Å². The highest BCUT2D eigenvalue weighted by Gasteiger charge is 2.37. The average Bonchev–Trinajstić information content (AvgIpc) is 2.99. The van der Waals surface area contributed by atoms with Crippen molar-refractivity contribution in [3.05, 3.63) is 60.7 Å². The summed E-state index contributed by atoms with van der Waals surface area (Å²) in [5.41, 5.74) is 0.602. The van der Waals surface area contributed by atoms with Crippen molar-refractivity contribution in [2.75, 3.05) is 0 Å².